The molecule has 25 heavy (non-hydrogen) atoms. The lowest BCUT2D eigenvalue weighted by Gasteiger charge is -2.25. The van der Waals surface area contributed by atoms with Crippen LogP contribution in [0.3, 0.4) is 0 Å². The molecule has 0 aliphatic heterocycles. The minimum Gasteiger partial charge on any atom is -0.448 e. The molecule has 0 aliphatic rings. The van der Waals surface area contributed by atoms with Gasteiger partial charge in [-0.1, -0.05) is 38.4 Å². The predicted octanol–water partition coefficient (Wildman–Crippen LogP) is 4.28. The molecule has 0 saturated heterocycles. The number of fused-ring (bicyclic) bond motifs is 1. The van der Waals surface area contributed by atoms with Crippen molar-refractivity contribution in [2.75, 3.05) is 0 Å². The normalized spacial score (nSPS) is 12.8. The van der Waals surface area contributed by atoms with Crippen LogP contribution in [-0.2, 0) is 4.79 Å². The maximum Gasteiger partial charge on any atom is 0.301 e. The van der Waals surface area contributed by atoms with E-state index in [1.807, 2.05) is 0 Å². The highest BCUT2D eigenvalue weighted by molar-refractivity contribution is 6.30. The Bertz CT molecular complexity index is 884. The molecule has 1 atom stereocenters. The third kappa shape index (κ3) is 3.91. The molecule has 0 amide bonds. The summed E-state index contributed by atoms with van der Waals surface area (Å²) in [6.45, 7) is 5.40. The van der Waals surface area contributed by atoms with Gasteiger partial charge in [-0.25, -0.2) is 4.63 Å². The first-order valence-electron chi connectivity index (χ1n) is 7.69. The molecule has 1 aromatic heterocycles. The average Bonchev–Trinajstić information content (AvgIpc) is 3.04. The second kappa shape index (κ2) is 6.72. The fourth-order valence-electron chi connectivity index (χ4n) is 2.11. The molecule has 0 spiro atoms. The van der Waals surface area contributed by atoms with Crippen molar-refractivity contribution in [1.29, 1.82) is 0 Å². The van der Waals surface area contributed by atoms with Gasteiger partial charge in [-0.3, -0.25) is 4.79 Å². The summed E-state index contributed by atoms with van der Waals surface area (Å²) in [5.74, 6) is 0.615. The zero-order valence-electron chi connectivity index (χ0n) is 14.0. The predicted molar refractivity (Wildman–Crippen MR) is 92.8 cm³/mol. The summed E-state index contributed by atoms with van der Waals surface area (Å²) in [5.41, 5.74) is 0.299. The molecule has 3 aromatic rings. The number of hydrogen-bond donors (Lipinski definition) is 0. The average molecular weight is 361 g/mol. The monoisotopic (exact) mass is 360 g/mol. The van der Waals surface area contributed by atoms with E-state index in [4.69, 9.17) is 25.7 Å². The lowest BCUT2D eigenvalue weighted by atomic mass is 9.90. The molecule has 130 valence electrons. The maximum absolute atomic E-state index is 12.8. The van der Waals surface area contributed by atoms with Crippen LogP contribution in [-0.4, -0.2) is 22.4 Å². The van der Waals surface area contributed by atoms with Crippen LogP contribution in [0.25, 0.3) is 11.0 Å². The van der Waals surface area contributed by atoms with Gasteiger partial charge in [0.05, 0.1) is 0 Å². The van der Waals surface area contributed by atoms with Gasteiger partial charge in [0.15, 0.2) is 11.3 Å². The number of carbonyl (C=O) groups excluding carboxylic acids is 1. The highest BCUT2D eigenvalue weighted by Gasteiger charge is 2.33. The Labute approximate surface area is 149 Å². The fourth-order valence-corrected chi connectivity index (χ4v) is 2.24. The van der Waals surface area contributed by atoms with Gasteiger partial charge in [0.25, 0.3) is 0 Å². The standard InChI is InChI=1S/C18H17ClN2O4/c1-18(2,3)16(22)17(23-12-9-7-11(19)8-10-12)24-14-6-4-5-13-15(14)21-25-20-13/h4-10,17H,1-3H3/t17-/m1/s1. The lowest BCUT2D eigenvalue weighted by molar-refractivity contribution is -0.146. The van der Waals surface area contributed by atoms with E-state index in [1.54, 1.807) is 63.2 Å². The quantitative estimate of drug-likeness (QED) is 0.632. The van der Waals surface area contributed by atoms with Crippen LogP contribution < -0.4 is 9.47 Å². The summed E-state index contributed by atoms with van der Waals surface area (Å²) >= 11 is 5.89. The van der Waals surface area contributed by atoms with E-state index in [0.717, 1.165) is 0 Å². The number of carbonyl (C=O) groups is 1. The Kier molecular flexibility index (Phi) is 4.63. The van der Waals surface area contributed by atoms with E-state index in [-0.39, 0.29) is 5.78 Å². The second-order valence-corrected chi connectivity index (χ2v) is 6.96. The van der Waals surface area contributed by atoms with Gasteiger partial charge in [-0.2, -0.15) is 0 Å². The van der Waals surface area contributed by atoms with Crippen molar-refractivity contribution in [2.45, 2.75) is 27.1 Å². The largest absolute Gasteiger partial charge is 0.448 e. The number of ether oxygens (including phenoxy) is 2. The fraction of sp³-hybridized carbons (Fsp3) is 0.278. The molecule has 6 nitrogen and oxygen atoms in total. The van der Waals surface area contributed by atoms with E-state index in [0.29, 0.717) is 27.6 Å². The number of Topliss-reactive ketones (excluding diaryl/α,β-unsaturated/α-hetero) is 1. The van der Waals surface area contributed by atoms with Gasteiger partial charge in [0.1, 0.15) is 11.3 Å². The number of ketones is 1. The van der Waals surface area contributed by atoms with E-state index >= 15 is 0 Å². The first kappa shape index (κ1) is 17.2. The Hall–Kier alpha value is -2.60. The van der Waals surface area contributed by atoms with Gasteiger partial charge in [0, 0.05) is 10.4 Å². The molecule has 0 fully saturated rings. The van der Waals surface area contributed by atoms with Crippen LogP contribution in [0.2, 0.25) is 5.02 Å². The van der Waals surface area contributed by atoms with Crippen LogP contribution in [0, 0.1) is 5.41 Å². The summed E-state index contributed by atoms with van der Waals surface area (Å²) in [6, 6.07) is 11.9. The van der Waals surface area contributed by atoms with Crippen molar-refractivity contribution >= 4 is 28.4 Å². The van der Waals surface area contributed by atoms with Crippen molar-refractivity contribution in [2.24, 2.45) is 5.41 Å². The smallest absolute Gasteiger partial charge is 0.301 e. The first-order chi connectivity index (χ1) is 11.8. The van der Waals surface area contributed by atoms with Gasteiger partial charge < -0.3 is 9.47 Å². The van der Waals surface area contributed by atoms with Gasteiger partial charge in [-0.15, -0.1) is 0 Å². The molecule has 0 bridgehead atoms. The van der Waals surface area contributed by atoms with Crippen molar-refractivity contribution in [1.82, 2.24) is 10.3 Å². The minimum atomic E-state index is -1.15. The number of benzene rings is 2. The summed E-state index contributed by atoms with van der Waals surface area (Å²) in [5, 5.41) is 8.16. The maximum atomic E-state index is 12.8. The van der Waals surface area contributed by atoms with Crippen LogP contribution >= 0.6 is 11.6 Å². The van der Waals surface area contributed by atoms with Crippen molar-refractivity contribution in [3.63, 3.8) is 0 Å². The SMILES string of the molecule is CC(C)(C)C(=O)[C@H](Oc1ccc(Cl)cc1)Oc1cccc2nonc12. The van der Waals surface area contributed by atoms with E-state index in [9.17, 15) is 4.79 Å². The topological polar surface area (TPSA) is 74.5 Å². The van der Waals surface area contributed by atoms with Crippen LogP contribution in [0.4, 0.5) is 0 Å². The zero-order chi connectivity index (χ0) is 18.0. The summed E-state index contributed by atoms with van der Waals surface area (Å²) in [7, 11) is 0. The third-order valence-corrected chi connectivity index (χ3v) is 3.75. The second-order valence-electron chi connectivity index (χ2n) is 6.52. The molecule has 0 radical (unpaired) electrons. The Morgan fingerprint density at radius 3 is 2.48 bits per heavy atom. The Morgan fingerprint density at radius 2 is 1.80 bits per heavy atom. The molecule has 0 N–H and O–H groups in total. The number of rotatable bonds is 5. The van der Waals surface area contributed by atoms with Crippen molar-refractivity contribution in [3.05, 3.63) is 47.5 Å². The summed E-state index contributed by atoms with van der Waals surface area (Å²) in [4.78, 5) is 12.8. The number of nitrogens with zero attached hydrogens (tertiary/aromatic N) is 2. The van der Waals surface area contributed by atoms with Crippen LogP contribution in [0.15, 0.2) is 47.1 Å². The molecule has 0 saturated carbocycles. The van der Waals surface area contributed by atoms with Crippen LogP contribution in [0.1, 0.15) is 20.8 Å². The molecular formula is C18H17ClN2O4. The number of halogens is 1. The molecule has 2 aromatic carbocycles. The highest BCUT2D eigenvalue weighted by Crippen LogP contribution is 2.27. The molecular weight excluding hydrogens is 344 g/mol. The van der Waals surface area contributed by atoms with E-state index in [1.165, 1.54) is 0 Å². The molecule has 0 unspecified atom stereocenters. The van der Waals surface area contributed by atoms with E-state index < -0.39 is 11.7 Å². The number of hydrogen-bond acceptors (Lipinski definition) is 6. The van der Waals surface area contributed by atoms with Crippen molar-refractivity contribution in [3.8, 4) is 11.5 Å². The van der Waals surface area contributed by atoms with E-state index in [2.05, 4.69) is 10.3 Å². The first-order valence-corrected chi connectivity index (χ1v) is 8.07. The van der Waals surface area contributed by atoms with Gasteiger partial charge in [0.2, 0.25) is 5.78 Å². The minimum absolute atomic E-state index is 0.212. The Balaban J connectivity index is 1.92. The van der Waals surface area contributed by atoms with Crippen LogP contribution in [0.5, 0.6) is 11.5 Å². The third-order valence-electron chi connectivity index (χ3n) is 3.49. The molecule has 1 heterocycles. The summed E-state index contributed by atoms with van der Waals surface area (Å²) < 4.78 is 16.3. The molecule has 0 aliphatic carbocycles. The highest BCUT2D eigenvalue weighted by atomic mass is 35.5. The van der Waals surface area contributed by atoms with Crippen molar-refractivity contribution < 1.29 is 18.9 Å². The van der Waals surface area contributed by atoms with Gasteiger partial charge in [-0.05, 0) is 46.7 Å². The number of aromatic nitrogens is 2. The molecule has 7 heteroatoms. The molecule has 3 rings (SSSR count). The zero-order valence-corrected chi connectivity index (χ0v) is 14.8. The summed E-state index contributed by atoms with van der Waals surface area (Å²) in [6.07, 6.45) is -1.15. The van der Waals surface area contributed by atoms with Gasteiger partial charge >= 0.3 is 6.29 Å². The lowest BCUT2D eigenvalue weighted by Crippen LogP contribution is -2.40. The Morgan fingerprint density at radius 1 is 1.08 bits per heavy atom.